The lowest BCUT2D eigenvalue weighted by molar-refractivity contribution is -0.302. The number of nitrogens with one attached hydrogen (secondary N) is 1. The molecule has 6 N–H and O–H groups in total. The van der Waals surface area contributed by atoms with Gasteiger partial charge in [0.05, 0.1) is 25.4 Å². The van der Waals surface area contributed by atoms with E-state index in [0.29, 0.717) is 19.3 Å². The van der Waals surface area contributed by atoms with E-state index in [2.05, 4.69) is 79.9 Å². The van der Waals surface area contributed by atoms with Crippen LogP contribution in [0.2, 0.25) is 0 Å². The molecular formula is C45H79NO8. The minimum atomic E-state index is -1.56. The normalized spacial score (nSPS) is 22.7. The van der Waals surface area contributed by atoms with Crippen LogP contribution in [0.5, 0.6) is 0 Å². The Balaban J connectivity index is 2.51. The van der Waals surface area contributed by atoms with Gasteiger partial charge in [-0.3, -0.25) is 4.79 Å². The number of allylic oxidation sites excluding steroid dienone is 10. The summed E-state index contributed by atoms with van der Waals surface area (Å²) in [5.74, 6) is -0.508. The van der Waals surface area contributed by atoms with Gasteiger partial charge in [-0.2, -0.15) is 0 Å². The fourth-order valence-corrected chi connectivity index (χ4v) is 6.48. The summed E-state index contributed by atoms with van der Waals surface area (Å²) in [4.78, 5) is 13.0. The van der Waals surface area contributed by atoms with Crippen LogP contribution >= 0.6 is 0 Å². The molecule has 1 saturated heterocycles. The summed E-state index contributed by atoms with van der Waals surface area (Å²) in [5.41, 5.74) is 0. The summed E-state index contributed by atoms with van der Waals surface area (Å²) in [6.07, 6.45) is 35.9. The maximum Gasteiger partial charge on any atom is 0.220 e. The van der Waals surface area contributed by atoms with E-state index < -0.39 is 49.5 Å². The molecule has 1 heterocycles. The van der Waals surface area contributed by atoms with Gasteiger partial charge in [-0.05, 0) is 51.4 Å². The van der Waals surface area contributed by atoms with Gasteiger partial charge >= 0.3 is 0 Å². The number of carbonyl (C=O) groups is 1. The fraction of sp³-hybridized carbons (Fsp3) is 0.756. The molecule has 0 radical (unpaired) electrons. The lowest BCUT2D eigenvalue weighted by atomic mass is 9.91. The molecule has 312 valence electrons. The molecule has 1 fully saturated rings. The third kappa shape index (κ3) is 24.4. The SMILES string of the molecule is CC/C=C\C/C=C\C/C=C\C/C=C\C/C=C\CCCC(=O)N[C@@H](COC1OC(CO)C(O)C(O)C1O)[C@H](C)[C@H](O)CCCCCCCCCCCCCC. The maximum atomic E-state index is 13.0. The summed E-state index contributed by atoms with van der Waals surface area (Å²) in [5, 5.41) is 54.5. The van der Waals surface area contributed by atoms with Crippen molar-refractivity contribution < 1.29 is 39.8 Å². The Bertz CT molecular complexity index is 1040. The molecule has 0 spiro atoms. The number of aliphatic hydroxyl groups excluding tert-OH is 5. The summed E-state index contributed by atoms with van der Waals surface area (Å²) in [6, 6.07) is -0.578. The minimum absolute atomic E-state index is 0.0835. The molecule has 5 unspecified atom stereocenters. The first kappa shape index (κ1) is 49.9. The van der Waals surface area contributed by atoms with Crippen LogP contribution in [-0.4, -0.2) is 87.5 Å². The van der Waals surface area contributed by atoms with E-state index in [-0.39, 0.29) is 18.4 Å². The number of unbranched alkanes of at least 4 members (excludes halogenated alkanes) is 12. The molecule has 1 aliphatic rings. The Morgan fingerprint density at radius 2 is 1.19 bits per heavy atom. The fourth-order valence-electron chi connectivity index (χ4n) is 6.48. The Morgan fingerprint density at radius 3 is 1.70 bits per heavy atom. The molecule has 0 aromatic heterocycles. The van der Waals surface area contributed by atoms with Crippen LogP contribution in [0.1, 0.15) is 156 Å². The van der Waals surface area contributed by atoms with Crippen molar-refractivity contribution >= 4 is 5.91 Å². The molecule has 0 aliphatic carbocycles. The summed E-state index contributed by atoms with van der Waals surface area (Å²) >= 11 is 0. The van der Waals surface area contributed by atoms with Crippen LogP contribution in [0.4, 0.5) is 0 Å². The molecular weight excluding hydrogens is 682 g/mol. The second-order valence-electron chi connectivity index (χ2n) is 14.9. The second kappa shape index (κ2) is 34.2. The third-order valence-electron chi connectivity index (χ3n) is 10.2. The molecule has 9 heteroatoms. The zero-order chi connectivity index (χ0) is 39.7. The van der Waals surface area contributed by atoms with Crippen LogP contribution < -0.4 is 5.32 Å². The number of hydrogen-bond donors (Lipinski definition) is 6. The van der Waals surface area contributed by atoms with Gasteiger partial charge in [0, 0.05) is 12.3 Å². The van der Waals surface area contributed by atoms with Gasteiger partial charge < -0.3 is 40.3 Å². The van der Waals surface area contributed by atoms with Gasteiger partial charge in [-0.25, -0.2) is 0 Å². The summed E-state index contributed by atoms with van der Waals surface area (Å²) in [7, 11) is 0. The van der Waals surface area contributed by atoms with Crippen molar-refractivity contribution in [1.29, 1.82) is 0 Å². The molecule has 0 saturated carbocycles. The molecule has 0 aromatic rings. The molecule has 1 amide bonds. The smallest absolute Gasteiger partial charge is 0.220 e. The molecule has 1 aliphatic heterocycles. The topological polar surface area (TPSA) is 149 Å². The van der Waals surface area contributed by atoms with Gasteiger partial charge in [-0.1, -0.05) is 159 Å². The van der Waals surface area contributed by atoms with Crippen LogP contribution in [0.15, 0.2) is 60.8 Å². The van der Waals surface area contributed by atoms with E-state index in [9.17, 15) is 30.3 Å². The molecule has 0 bridgehead atoms. The van der Waals surface area contributed by atoms with E-state index >= 15 is 0 Å². The number of rotatable bonds is 33. The first-order chi connectivity index (χ1) is 26.3. The first-order valence-electron chi connectivity index (χ1n) is 21.4. The van der Waals surface area contributed by atoms with Gasteiger partial charge in [0.1, 0.15) is 24.4 Å². The van der Waals surface area contributed by atoms with Gasteiger partial charge in [0.25, 0.3) is 0 Å². The van der Waals surface area contributed by atoms with E-state index in [1.165, 1.54) is 57.8 Å². The molecule has 1 rings (SSSR count). The third-order valence-corrected chi connectivity index (χ3v) is 10.2. The van der Waals surface area contributed by atoms with Crippen molar-refractivity contribution in [3.8, 4) is 0 Å². The second-order valence-corrected chi connectivity index (χ2v) is 14.9. The lowest BCUT2D eigenvalue weighted by Gasteiger charge is -2.40. The maximum absolute atomic E-state index is 13.0. The van der Waals surface area contributed by atoms with E-state index in [1.54, 1.807) is 0 Å². The molecule has 8 atom stereocenters. The quantitative estimate of drug-likeness (QED) is 0.0289. The van der Waals surface area contributed by atoms with Gasteiger partial charge in [0.2, 0.25) is 5.91 Å². The minimum Gasteiger partial charge on any atom is -0.394 e. The zero-order valence-corrected chi connectivity index (χ0v) is 34.1. The van der Waals surface area contributed by atoms with Gasteiger partial charge in [-0.15, -0.1) is 0 Å². The van der Waals surface area contributed by atoms with E-state index in [1.807, 2.05) is 6.92 Å². The Morgan fingerprint density at radius 1 is 0.685 bits per heavy atom. The predicted octanol–water partition coefficient (Wildman–Crippen LogP) is 8.30. The average Bonchev–Trinajstić information content (AvgIpc) is 3.17. The monoisotopic (exact) mass is 762 g/mol. The van der Waals surface area contributed by atoms with Crippen molar-refractivity contribution in [1.82, 2.24) is 5.32 Å². The van der Waals surface area contributed by atoms with Gasteiger partial charge in [0.15, 0.2) is 6.29 Å². The Kier molecular flexibility index (Phi) is 31.6. The number of hydrogen-bond acceptors (Lipinski definition) is 8. The predicted molar refractivity (Wildman–Crippen MR) is 221 cm³/mol. The summed E-state index contributed by atoms with van der Waals surface area (Å²) in [6.45, 7) is 5.62. The van der Waals surface area contributed by atoms with Crippen LogP contribution in [0.25, 0.3) is 0 Å². The van der Waals surface area contributed by atoms with E-state index in [0.717, 1.165) is 57.8 Å². The first-order valence-corrected chi connectivity index (χ1v) is 21.4. The highest BCUT2D eigenvalue weighted by Crippen LogP contribution is 2.24. The molecule has 9 nitrogen and oxygen atoms in total. The standard InChI is InChI=1S/C45H79NO8/c1-4-6-8-10-12-14-16-18-19-20-21-22-24-26-28-30-32-34-41(49)46-38(36-53-45-44(52)43(51)42(50)40(35-47)54-45)37(3)39(48)33-31-29-27-25-23-17-15-13-11-9-7-5-2/h6,8,12,14,18-19,21-22,26,28,37-40,42-45,47-48,50-52H,4-5,7,9-11,13,15-17,20,23-25,27,29-36H2,1-3H3,(H,46,49)/b8-6-,14-12-,19-18-,22-21-,28-26-/t37-,38-,39+,40?,42?,43?,44?,45?/m0/s1. The Labute approximate surface area is 328 Å². The lowest BCUT2D eigenvalue weighted by Crippen LogP contribution is -2.60. The molecule has 0 aromatic carbocycles. The number of carbonyl (C=O) groups excluding carboxylic acids is 1. The highest BCUT2D eigenvalue weighted by molar-refractivity contribution is 5.76. The highest BCUT2D eigenvalue weighted by Gasteiger charge is 2.44. The zero-order valence-electron chi connectivity index (χ0n) is 34.1. The molecule has 54 heavy (non-hydrogen) atoms. The number of aliphatic hydroxyl groups is 5. The van der Waals surface area contributed by atoms with Crippen molar-refractivity contribution in [2.75, 3.05) is 13.2 Å². The largest absolute Gasteiger partial charge is 0.394 e. The van der Waals surface area contributed by atoms with Crippen LogP contribution in [-0.2, 0) is 14.3 Å². The average molecular weight is 762 g/mol. The van der Waals surface area contributed by atoms with Crippen molar-refractivity contribution in [2.24, 2.45) is 5.92 Å². The summed E-state index contributed by atoms with van der Waals surface area (Å²) < 4.78 is 11.3. The van der Waals surface area contributed by atoms with Crippen LogP contribution in [0.3, 0.4) is 0 Å². The van der Waals surface area contributed by atoms with Crippen molar-refractivity contribution in [3.05, 3.63) is 60.8 Å². The number of amides is 1. The number of ether oxygens (including phenoxy) is 2. The highest BCUT2D eigenvalue weighted by atomic mass is 16.7. The van der Waals surface area contributed by atoms with Crippen molar-refractivity contribution in [3.63, 3.8) is 0 Å². The Hall–Kier alpha value is -2.11. The van der Waals surface area contributed by atoms with E-state index in [4.69, 9.17) is 9.47 Å². The van der Waals surface area contributed by atoms with Crippen molar-refractivity contribution in [2.45, 2.75) is 198 Å². The van der Waals surface area contributed by atoms with Crippen LogP contribution in [0, 0.1) is 5.92 Å².